The summed E-state index contributed by atoms with van der Waals surface area (Å²) >= 11 is 0. The van der Waals surface area contributed by atoms with Gasteiger partial charge in [0.25, 0.3) is 5.56 Å². The van der Waals surface area contributed by atoms with Crippen molar-refractivity contribution in [3.63, 3.8) is 0 Å². The Morgan fingerprint density at radius 2 is 1.72 bits per heavy atom. The van der Waals surface area contributed by atoms with Gasteiger partial charge in [0, 0.05) is 30.8 Å². The molecule has 0 aliphatic carbocycles. The van der Waals surface area contributed by atoms with Gasteiger partial charge in [0.15, 0.2) is 0 Å². The Hall–Kier alpha value is -2.23. The fraction of sp³-hybridized carbons (Fsp3) is 0.333. The second-order valence-corrected chi connectivity index (χ2v) is 6.92. The molecule has 0 aliphatic rings. The summed E-state index contributed by atoms with van der Waals surface area (Å²) in [6, 6.07) is 1.89. The van der Waals surface area contributed by atoms with Crippen molar-refractivity contribution >= 4 is 10.8 Å². The molecule has 0 N–H and O–H groups in total. The molecular formula is C15H14F4N2O3S. The highest BCUT2D eigenvalue weighted by Gasteiger charge is 2.32. The van der Waals surface area contributed by atoms with Gasteiger partial charge < -0.3 is 4.57 Å². The Kier molecular flexibility index (Phi) is 5.03. The molecule has 5 nitrogen and oxygen atoms in total. The predicted octanol–water partition coefficient (Wildman–Crippen LogP) is 1.87. The van der Waals surface area contributed by atoms with Gasteiger partial charge in [-0.3, -0.25) is 13.6 Å². The van der Waals surface area contributed by atoms with Crippen LogP contribution in [0.1, 0.15) is 5.56 Å². The Balaban J connectivity index is 2.69. The maximum absolute atomic E-state index is 14.3. The summed E-state index contributed by atoms with van der Waals surface area (Å²) in [5.41, 5.74) is -1.90. The second-order valence-electron chi connectivity index (χ2n) is 5.50. The van der Waals surface area contributed by atoms with Gasteiger partial charge in [0.05, 0.1) is 16.4 Å². The van der Waals surface area contributed by atoms with Crippen molar-refractivity contribution in [1.82, 2.24) is 9.13 Å². The summed E-state index contributed by atoms with van der Waals surface area (Å²) in [6.07, 6.45) is -3.56. The van der Waals surface area contributed by atoms with E-state index in [2.05, 4.69) is 0 Å². The maximum Gasteiger partial charge on any atom is 0.400 e. The van der Waals surface area contributed by atoms with Gasteiger partial charge in [0.1, 0.15) is 11.6 Å². The Labute approximate surface area is 142 Å². The van der Waals surface area contributed by atoms with Gasteiger partial charge in [-0.15, -0.1) is 0 Å². The zero-order chi connectivity index (χ0) is 19.1. The van der Waals surface area contributed by atoms with Crippen LogP contribution in [-0.4, -0.2) is 25.3 Å². The summed E-state index contributed by atoms with van der Waals surface area (Å²) in [4.78, 5) is 23.7. The topological polar surface area (TPSA) is 61.1 Å². The lowest BCUT2D eigenvalue weighted by atomic mass is 10.1. The van der Waals surface area contributed by atoms with Gasteiger partial charge in [-0.1, -0.05) is 0 Å². The number of hydrogen-bond donors (Lipinski definition) is 0. The van der Waals surface area contributed by atoms with Crippen molar-refractivity contribution in [3.8, 4) is 11.1 Å². The van der Waals surface area contributed by atoms with E-state index in [-0.39, 0.29) is 21.6 Å². The quantitative estimate of drug-likeness (QED) is 0.766. The normalized spacial score (nSPS) is 13.1. The van der Waals surface area contributed by atoms with Crippen LogP contribution in [-0.2, 0) is 24.9 Å². The fourth-order valence-electron chi connectivity index (χ4n) is 2.32. The van der Waals surface area contributed by atoms with Crippen LogP contribution in [0.2, 0.25) is 0 Å². The highest BCUT2D eigenvalue weighted by Crippen LogP contribution is 2.28. The number of alkyl halides is 3. The third-order valence-electron chi connectivity index (χ3n) is 3.54. The average molecular weight is 378 g/mol. The minimum atomic E-state index is -4.65. The highest BCUT2D eigenvalue weighted by atomic mass is 32.2. The van der Waals surface area contributed by atoms with Crippen LogP contribution >= 0.6 is 0 Å². The molecule has 1 aromatic carbocycles. The lowest BCUT2D eigenvalue weighted by Gasteiger charge is -2.13. The van der Waals surface area contributed by atoms with Crippen molar-refractivity contribution in [2.75, 3.05) is 5.75 Å². The van der Waals surface area contributed by atoms with Crippen molar-refractivity contribution in [3.05, 3.63) is 50.5 Å². The first-order chi connectivity index (χ1) is 11.4. The molecule has 0 saturated heterocycles. The molecule has 136 valence electrons. The molecule has 1 aromatic heterocycles. The Bertz CT molecular complexity index is 976. The monoisotopic (exact) mass is 378 g/mol. The maximum atomic E-state index is 14.3. The van der Waals surface area contributed by atoms with E-state index in [9.17, 15) is 31.4 Å². The molecular weight excluding hydrogens is 364 g/mol. The number of hydrogen-bond acceptors (Lipinski definition) is 3. The number of aromatic nitrogens is 2. The van der Waals surface area contributed by atoms with E-state index in [1.807, 2.05) is 0 Å². The SMILES string of the molecule is Cc1cc(F)c(-c2cn(C)c(=O)n(C)c2=O)cc1S(=O)CC(F)(F)F. The molecule has 0 radical (unpaired) electrons. The molecule has 0 bridgehead atoms. The highest BCUT2D eigenvalue weighted by molar-refractivity contribution is 7.85. The molecule has 2 aromatic rings. The third kappa shape index (κ3) is 3.89. The second kappa shape index (κ2) is 6.58. The molecule has 1 atom stereocenters. The van der Waals surface area contributed by atoms with E-state index < -0.39 is 39.8 Å². The fourth-order valence-corrected chi connectivity index (χ4v) is 3.44. The van der Waals surface area contributed by atoms with Crippen molar-refractivity contribution in [1.29, 1.82) is 0 Å². The summed E-state index contributed by atoms with van der Waals surface area (Å²) in [5, 5.41) is 0. The Morgan fingerprint density at radius 1 is 1.12 bits per heavy atom. The van der Waals surface area contributed by atoms with Crippen LogP contribution in [0.3, 0.4) is 0 Å². The predicted molar refractivity (Wildman–Crippen MR) is 84.4 cm³/mol. The van der Waals surface area contributed by atoms with Crippen LogP contribution in [0.15, 0.2) is 32.8 Å². The summed E-state index contributed by atoms with van der Waals surface area (Å²) in [6.45, 7) is 1.33. The van der Waals surface area contributed by atoms with Crippen LogP contribution in [0.4, 0.5) is 17.6 Å². The average Bonchev–Trinajstić information content (AvgIpc) is 2.47. The molecule has 0 amide bonds. The summed E-state index contributed by atoms with van der Waals surface area (Å²) in [5.74, 6) is -2.44. The molecule has 1 unspecified atom stereocenters. The van der Waals surface area contributed by atoms with Crippen LogP contribution in [0, 0.1) is 12.7 Å². The first-order valence-electron chi connectivity index (χ1n) is 6.94. The molecule has 1 heterocycles. The standard InChI is InChI=1S/C15H14F4N2O3S/c1-8-4-11(16)9(5-12(8)25(24)7-15(17,18)19)10-6-20(2)14(23)21(3)13(10)22/h4-6H,7H2,1-3H3. The molecule has 0 aliphatic heterocycles. The number of aryl methyl sites for hydroxylation is 2. The summed E-state index contributed by atoms with van der Waals surface area (Å²) < 4.78 is 65.5. The molecule has 10 heteroatoms. The first-order valence-corrected chi connectivity index (χ1v) is 8.26. The number of rotatable bonds is 3. The zero-order valence-corrected chi connectivity index (χ0v) is 14.3. The van der Waals surface area contributed by atoms with Gasteiger partial charge >= 0.3 is 11.9 Å². The van der Waals surface area contributed by atoms with Gasteiger partial charge in [-0.2, -0.15) is 13.2 Å². The first kappa shape index (κ1) is 19.1. The van der Waals surface area contributed by atoms with E-state index in [1.54, 1.807) is 0 Å². The van der Waals surface area contributed by atoms with E-state index in [4.69, 9.17) is 0 Å². The largest absolute Gasteiger partial charge is 0.400 e. The van der Waals surface area contributed by atoms with E-state index in [0.29, 0.717) is 0 Å². The van der Waals surface area contributed by atoms with Gasteiger partial charge in [-0.05, 0) is 24.6 Å². The van der Waals surface area contributed by atoms with Crippen molar-refractivity contribution in [2.24, 2.45) is 14.1 Å². The molecule has 25 heavy (non-hydrogen) atoms. The molecule has 0 spiro atoms. The third-order valence-corrected chi connectivity index (χ3v) is 5.06. The van der Waals surface area contributed by atoms with Crippen LogP contribution in [0.5, 0.6) is 0 Å². The van der Waals surface area contributed by atoms with Gasteiger partial charge in [-0.25, -0.2) is 9.18 Å². The molecule has 0 saturated carbocycles. The lowest BCUT2D eigenvalue weighted by molar-refractivity contribution is -0.105. The number of halogens is 4. The van der Waals surface area contributed by atoms with Crippen molar-refractivity contribution in [2.45, 2.75) is 18.0 Å². The number of benzene rings is 1. The smallest absolute Gasteiger partial charge is 0.303 e. The molecule has 0 fully saturated rings. The van der Waals surface area contributed by atoms with Crippen LogP contribution < -0.4 is 11.2 Å². The number of nitrogens with zero attached hydrogens (tertiary/aromatic N) is 2. The van der Waals surface area contributed by atoms with Gasteiger partial charge in [0.2, 0.25) is 0 Å². The van der Waals surface area contributed by atoms with E-state index >= 15 is 0 Å². The van der Waals surface area contributed by atoms with E-state index in [1.165, 1.54) is 21.0 Å². The summed E-state index contributed by atoms with van der Waals surface area (Å²) in [7, 11) is 0.0972. The molecule has 2 rings (SSSR count). The van der Waals surface area contributed by atoms with E-state index in [0.717, 1.165) is 27.5 Å². The Morgan fingerprint density at radius 3 is 2.28 bits per heavy atom. The minimum Gasteiger partial charge on any atom is -0.303 e. The van der Waals surface area contributed by atoms with Crippen molar-refractivity contribution < 1.29 is 21.8 Å². The minimum absolute atomic E-state index is 0.0745. The van der Waals surface area contributed by atoms with Crippen LogP contribution in [0.25, 0.3) is 11.1 Å². The zero-order valence-electron chi connectivity index (χ0n) is 13.5. The lowest BCUT2D eigenvalue weighted by Crippen LogP contribution is -2.37.